The van der Waals surface area contributed by atoms with Crippen molar-refractivity contribution < 1.29 is 16.8 Å². The topological polar surface area (TPSA) is 68.3 Å². The highest BCUT2D eigenvalue weighted by Gasteiger charge is 2.17. The van der Waals surface area contributed by atoms with E-state index in [4.69, 9.17) is 0 Å². The first-order valence-electron chi connectivity index (χ1n) is 10.1. The smallest absolute Gasteiger partial charge is 0.212 e. The summed E-state index contributed by atoms with van der Waals surface area (Å²) in [5, 5.41) is 3.79. The van der Waals surface area contributed by atoms with Crippen LogP contribution in [0.15, 0.2) is 94.7 Å². The van der Waals surface area contributed by atoms with Crippen LogP contribution < -0.4 is 0 Å². The second kappa shape index (κ2) is 9.87. The van der Waals surface area contributed by atoms with Gasteiger partial charge in [-0.1, -0.05) is 60.7 Å². The minimum atomic E-state index is -3.44. The number of benzene rings is 4. The van der Waals surface area contributed by atoms with E-state index in [1.165, 1.54) is 0 Å². The van der Waals surface area contributed by atoms with Crippen LogP contribution in [-0.4, -0.2) is 28.3 Å². The lowest BCUT2D eigenvalue weighted by atomic mass is 10.1. The number of unbranched alkanes of at least 4 members (excludes halogenated alkanes) is 1. The quantitative estimate of drug-likeness (QED) is 0.197. The highest BCUT2D eigenvalue weighted by Crippen LogP contribution is 2.29. The summed E-state index contributed by atoms with van der Waals surface area (Å²) in [6.07, 6.45) is 1.25. The van der Waals surface area contributed by atoms with Gasteiger partial charge in [0.05, 0.1) is 9.79 Å². The lowest BCUT2D eigenvalue weighted by Crippen LogP contribution is -1.99. The van der Waals surface area contributed by atoms with Gasteiger partial charge in [0.1, 0.15) is 0 Å². The maximum absolute atomic E-state index is 12.6. The van der Waals surface area contributed by atoms with E-state index in [1.54, 1.807) is 24.3 Å². The Bertz CT molecular complexity index is 1350. The molecular weight excluding hydrogens is 481 g/mol. The predicted molar refractivity (Wildman–Crippen MR) is 136 cm³/mol. The monoisotopic (exact) mass is 502 g/mol. The molecule has 4 aromatic carbocycles. The summed E-state index contributed by atoms with van der Waals surface area (Å²) in [5.74, 6) is 0.845. The fourth-order valence-electron chi connectivity index (χ4n) is 3.32. The lowest BCUT2D eigenvalue weighted by Gasteiger charge is -2.07. The minimum Gasteiger partial charge on any atom is -0.212 e. The number of fused-ring (bicyclic) bond motifs is 2. The molecule has 0 fully saturated rings. The number of hydrogen-bond donors (Lipinski definition) is 0. The lowest BCUT2D eigenvalue weighted by molar-refractivity contribution is 0.608. The molecule has 0 bridgehead atoms. The fraction of sp³-hybridized carbons (Fsp3) is 0.167. The first-order chi connectivity index (χ1) is 15.4. The summed E-state index contributed by atoms with van der Waals surface area (Å²) in [6.45, 7) is 0. The van der Waals surface area contributed by atoms with E-state index >= 15 is 0 Å². The van der Waals surface area contributed by atoms with Crippen molar-refractivity contribution in [2.24, 2.45) is 0 Å². The summed E-state index contributed by atoms with van der Waals surface area (Å²) < 4.78 is 50.5. The van der Waals surface area contributed by atoms with E-state index in [1.807, 2.05) is 60.7 Å². The molecular formula is C24H22O4S4. The predicted octanol–water partition coefficient (Wildman–Crippen LogP) is 6.32. The van der Waals surface area contributed by atoms with E-state index in [9.17, 15) is 16.8 Å². The van der Waals surface area contributed by atoms with Crippen LogP contribution in [0.2, 0.25) is 0 Å². The van der Waals surface area contributed by atoms with Crippen molar-refractivity contribution in [1.82, 2.24) is 0 Å². The molecule has 0 amide bonds. The van der Waals surface area contributed by atoms with E-state index in [-0.39, 0.29) is 0 Å². The van der Waals surface area contributed by atoms with Crippen molar-refractivity contribution in [2.45, 2.75) is 22.6 Å². The summed E-state index contributed by atoms with van der Waals surface area (Å²) >= 11 is 0. The normalized spacial score (nSPS) is 12.4. The van der Waals surface area contributed by atoms with Crippen LogP contribution in [-0.2, 0) is 17.7 Å². The van der Waals surface area contributed by atoms with Gasteiger partial charge in [-0.15, -0.1) is 0 Å². The molecule has 166 valence electrons. The van der Waals surface area contributed by atoms with Gasteiger partial charge < -0.3 is 0 Å². The van der Waals surface area contributed by atoms with Crippen molar-refractivity contribution >= 4 is 60.9 Å². The second-order valence-corrected chi connectivity index (χ2v) is 15.4. The first kappa shape index (κ1) is 23.2. The van der Waals surface area contributed by atoms with Crippen LogP contribution in [0.3, 0.4) is 0 Å². The summed E-state index contributed by atoms with van der Waals surface area (Å²) in [6, 6.07) is 25.6. The zero-order chi connectivity index (χ0) is 22.6. The van der Waals surface area contributed by atoms with Crippen LogP contribution in [0.4, 0.5) is 0 Å². The maximum Gasteiger partial charge on any atom is 0.230 e. The van der Waals surface area contributed by atoms with Gasteiger partial charge in [-0.25, -0.2) is 16.8 Å². The largest absolute Gasteiger partial charge is 0.230 e. The highest BCUT2D eigenvalue weighted by atomic mass is 33.1. The molecule has 0 atom stereocenters. The van der Waals surface area contributed by atoms with Gasteiger partial charge in [0.15, 0.2) is 0 Å². The van der Waals surface area contributed by atoms with Crippen LogP contribution >= 0.6 is 21.6 Å². The summed E-state index contributed by atoms with van der Waals surface area (Å²) in [4.78, 5) is 0.601. The molecule has 0 N–H and O–H groups in total. The second-order valence-electron chi connectivity index (χ2n) is 7.28. The molecule has 32 heavy (non-hydrogen) atoms. The molecule has 0 aliphatic rings. The molecule has 4 aromatic rings. The SMILES string of the molecule is O=S(=O)(SCCCCSS(=O)(=O)c1ccc2ccccc2c1)c1ccc2ccccc2c1. The molecule has 0 unspecified atom stereocenters. The van der Waals surface area contributed by atoms with Gasteiger partial charge in [-0.2, -0.15) is 0 Å². The Morgan fingerprint density at radius 2 is 0.875 bits per heavy atom. The van der Waals surface area contributed by atoms with Gasteiger partial charge in [-0.05, 0) is 80.2 Å². The van der Waals surface area contributed by atoms with E-state index < -0.39 is 17.7 Å². The summed E-state index contributed by atoms with van der Waals surface area (Å²) in [5.41, 5.74) is 0. The van der Waals surface area contributed by atoms with Crippen LogP contribution in [0, 0.1) is 0 Å². The molecule has 0 aliphatic heterocycles. The van der Waals surface area contributed by atoms with Crippen LogP contribution in [0.1, 0.15) is 12.8 Å². The van der Waals surface area contributed by atoms with Crippen molar-refractivity contribution in [1.29, 1.82) is 0 Å². The molecule has 0 aromatic heterocycles. The van der Waals surface area contributed by atoms with Crippen molar-refractivity contribution in [3.63, 3.8) is 0 Å². The van der Waals surface area contributed by atoms with Crippen LogP contribution in [0.5, 0.6) is 0 Å². The van der Waals surface area contributed by atoms with Crippen molar-refractivity contribution in [2.75, 3.05) is 11.5 Å². The third-order valence-corrected chi connectivity index (χ3v) is 12.2. The Morgan fingerprint density at radius 1 is 0.500 bits per heavy atom. The number of hydrogen-bond acceptors (Lipinski definition) is 6. The molecule has 0 aliphatic carbocycles. The zero-order valence-corrected chi connectivity index (χ0v) is 20.4. The van der Waals surface area contributed by atoms with Gasteiger partial charge in [0.25, 0.3) is 0 Å². The standard InChI is InChI=1S/C24H22O4S4/c25-31(26,23-13-11-19-7-1-3-9-21(19)17-23)29-15-5-6-16-30-32(27,28)24-14-12-20-8-2-4-10-22(20)18-24/h1-4,7-14,17-18H,5-6,15-16H2. The number of rotatable bonds is 9. The molecule has 4 rings (SSSR count). The Morgan fingerprint density at radius 3 is 1.28 bits per heavy atom. The van der Waals surface area contributed by atoms with Gasteiger partial charge in [-0.3, -0.25) is 0 Å². The minimum absolute atomic E-state index is 0.300. The van der Waals surface area contributed by atoms with Crippen molar-refractivity contribution in [3.8, 4) is 0 Å². The highest BCUT2D eigenvalue weighted by molar-refractivity contribution is 8.72. The van der Waals surface area contributed by atoms with E-state index in [0.29, 0.717) is 34.1 Å². The molecule has 8 heteroatoms. The van der Waals surface area contributed by atoms with E-state index in [0.717, 1.165) is 43.1 Å². The fourth-order valence-corrected chi connectivity index (χ4v) is 9.15. The average molecular weight is 503 g/mol. The third-order valence-electron chi connectivity index (χ3n) is 5.03. The third kappa shape index (κ3) is 5.49. The molecule has 0 saturated heterocycles. The van der Waals surface area contributed by atoms with Gasteiger partial charge in [0.2, 0.25) is 17.7 Å². The first-order valence-corrected chi connectivity index (χ1v) is 16.1. The Balaban J connectivity index is 1.28. The molecule has 0 spiro atoms. The molecule has 0 heterocycles. The summed E-state index contributed by atoms with van der Waals surface area (Å²) in [7, 11) is -5.06. The van der Waals surface area contributed by atoms with Crippen LogP contribution in [0.25, 0.3) is 21.5 Å². The zero-order valence-electron chi connectivity index (χ0n) is 17.2. The van der Waals surface area contributed by atoms with Gasteiger partial charge in [0, 0.05) is 11.5 Å². The molecule has 0 radical (unpaired) electrons. The molecule has 4 nitrogen and oxygen atoms in total. The molecule has 0 saturated carbocycles. The Kier molecular flexibility index (Phi) is 7.14. The van der Waals surface area contributed by atoms with Crippen molar-refractivity contribution in [3.05, 3.63) is 84.9 Å². The maximum atomic E-state index is 12.6. The Hall–Kier alpha value is -2.00. The Labute approximate surface area is 196 Å². The average Bonchev–Trinajstić information content (AvgIpc) is 2.80. The van der Waals surface area contributed by atoms with Gasteiger partial charge >= 0.3 is 0 Å². The van der Waals surface area contributed by atoms with E-state index in [2.05, 4.69) is 0 Å².